The fourth-order valence-corrected chi connectivity index (χ4v) is 2.96. The van der Waals surface area contributed by atoms with Gasteiger partial charge in [0.05, 0.1) is 11.9 Å². The number of benzene rings is 1. The van der Waals surface area contributed by atoms with E-state index in [1.54, 1.807) is 6.07 Å². The van der Waals surface area contributed by atoms with Crippen molar-refractivity contribution in [1.82, 2.24) is 5.32 Å². The number of nitrogens with one attached hydrogen (secondary N) is 1. The highest BCUT2D eigenvalue weighted by Gasteiger charge is 2.20. The quantitative estimate of drug-likeness (QED) is 0.788. The molecule has 23 heavy (non-hydrogen) atoms. The molecule has 1 atom stereocenters. The maximum Gasteiger partial charge on any atom is 0.232 e. The first-order chi connectivity index (χ1) is 10.6. The van der Waals surface area contributed by atoms with Crippen LogP contribution in [0.5, 0.6) is 0 Å². The maximum absolute atomic E-state index is 13.8. The van der Waals surface area contributed by atoms with E-state index in [1.165, 1.54) is 18.2 Å². The van der Waals surface area contributed by atoms with E-state index in [2.05, 4.69) is 5.32 Å². The maximum atomic E-state index is 13.8. The molecule has 1 aromatic rings. The van der Waals surface area contributed by atoms with Crippen LogP contribution < -0.4 is 9.62 Å². The molecule has 0 heterocycles. The Balaban J connectivity index is 2.68. The average Bonchev–Trinajstić information content (AvgIpc) is 2.43. The van der Waals surface area contributed by atoms with E-state index in [-0.39, 0.29) is 30.6 Å². The van der Waals surface area contributed by atoms with Crippen LogP contribution in [0.3, 0.4) is 0 Å². The number of nitrogens with zero attached hydrogens (tertiary/aromatic N) is 1. The Morgan fingerprint density at radius 2 is 1.87 bits per heavy atom. The third-order valence-corrected chi connectivity index (χ3v) is 4.86. The summed E-state index contributed by atoms with van der Waals surface area (Å²) < 4.78 is 38.6. The highest BCUT2D eigenvalue weighted by atomic mass is 32.2. The van der Waals surface area contributed by atoms with Gasteiger partial charge in [0.1, 0.15) is 5.82 Å². The first-order valence-corrected chi connectivity index (χ1v) is 9.49. The summed E-state index contributed by atoms with van der Waals surface area (Å²) in [5, 5.41) is 2.86. The summed E-state index contributed by atoms with van der Waals surface area (Å²) in [6, 6.07) is 5.76. The lowest BCUT2D eigenvalue weighted by Gasteiger charge is -2.23. The fraction of sp³-hybridized carbons (Fsp3) is 0.562. The number of hydrogen-bond acceptors (Lipinski definition) is 3. The van der Waals surface area contributed by atoms with E-state index < -0.39 is 15.8 Å². The Kier molecular flexibility index (Phi) is 7.00. The van der Waals surface area contributed by atoms with Gasteiger partial charge in [-0.25, -0.2) is 12.8 Å². The van der Waals surface area contributed by atoms with E-state index in [0.29, 0.717) is 12.3 Å². The third kappa shape index (κ3) is 6.17. The van der Waals surface area contributed by atoms with Crippen molar-refractivity contribution in [2.75, 3.05) is 17.1 Å². The molecule has 0 unspecified atom stereocenters. The summed E-state index contributed by atoms with van der Waals surface area (Å²) in [7, 11) is -3.61. The molecule has 0 saturated carbocycles. The van der Waals surface area contributed by atoms with Crippen LogP contribution >= 0.6 is 0 Å². The summed E-state index contributed by atoms with van der Waals surface area (Å²) in [6.45, 7) is 6.00. The lowest BCUT2D eigenvalue weighted by atomic mass is 10.1. The fourth-order valence-electron chi connectivity index (χ4n) is 1.99. The van der Waals surface area contributed by atoms with Crippen molar-refractivity contribution in [2.24, 2.45) is 5.92 Å². The van der Waals surface area contributed by atoms with Crippen LogP contribution in [0.1, 0.15) is 33.6 Å². The number of halogens is 1. The smallest absolute Gasteiger partial charge is 0.232 e. The second-order valence-electron chi connectivity index (χ2n) is 5.99. The van der Waals surface area contributed by atoms with Crippen molar-refractivity contribution >= 4 is 21.6 Å². The van der Waals surface area contributed by atoms with Crippen LogP contribution in [0, 0.1) is 11.7 Å². The van der Waals surface area contributed by atoms with E-state index in [4.69, 9.17) is 0 Å². The molecule has 1 rings (SSSR count). The topological polar surface area (TPSA) is 66.5 Å². The van der Waals surface area contributed by atoms with Crippen molar-refractivity contribution in [1.29, 1.82) is 0 Å². The largest absolute Gasteiger partial charge is 0.353 e. The predicted molar refractivity (Wildman–Crippen MR) is 90.3 cm³/mol. The molecule has 1 amide bonds. The molecular weight excluding hydrogens is 319 g/mol. The second-order valence-corrected chi connectivity index (χ2v) is 7.90. The van der Waals surface area contributed by atoms with Gasteiger partial charge in [-0.2, -0.15) is 0 Å². The zero-order valence-corrected chi connectivity index (χ0v) is 14.9. The molecule has 130 valence electrons. The molecule has 0 aliphatic rings. The molecule has 0 spiro atoms. The Labute approximate surface area is 137 Å². The van der Waals surface area contributed by atoms with E-state index in [9.17, 15) is 17.6 Å². The van der Waals surface area contributed by atoms with Crippen LogP contribution in [-0.4, -0.2) is 33.2 Å². The molecule has 0 aliphatic carbocycles. The molecular formula is C16H25FN2O3S. The van der Waals surface area contributed by atoms with Crippen LogP contribution in [0.15, 0.2) is 24.3 Å². The van der Waals surface area contributed by atoms with Gasteiger partial charge < -0.3 is 5.32 Å². The zero-order chi connectivity index (χ0) is 17.6. The van der Waals surface area contributed by atoms with Gasteiger partial charge in [-0.3, -0.25) is 9.10 Å². The second kappa shape index (κ2) is 8.29. The van der Waals surface area contributed by atoms with Crippen molar-refractivity contribution in [3.63, 3.8) is 0 Å². The van der Waals surface area contributed by atoms with Gasteiger partial charge in [-0.1, -0.05) is 26.0 Å². The average molecular weight is 344 g/mol. The Morgan fingerprint density at radius 1 is 1.26 bits per heavy atom. The number of anilines is 1. The third-order valence-electron chi connectivity index (χ3n) is 3.68. The van der Waals surface area contributed by atoms with Crippen molar-refractivity contribution in [3.8, 4) is 0 Å². The number of para-hydroxylation sites is 1. The molecule has 0 saturated heterocycles. The highest BCUT2D eigenvalue weighted by molar-refractivity contribution is 7.92. The molecule has 1 N–H and O–H groups in total. The molecule has 0 fully saturated rings. The molecule has 5 nitrogen and oxygen atoms in total. The standard InChI is InChI=1S/C16H25FN2O3S/c1-12(2)13(3)18-16(20)10-7-11-19(23(4,21)22)15-9-6-5-8-14(15)17/h5-6,8-9,12-13H,7,10-11H2,1-4H3,(H,18,20)/t13-/m1/s1. The Hall–Kier alpha value is -1.63. The molecule has 0 aromatic heterocycles. The van der Waals surface area contributed by atoms with E-state index >= 15 is 0 Å². The van der Waals surface area contributed by atoms with Gasteiger partial charge in [-0.15, -0.1) is 0 Å². The summed E-state index contributed by atoms with van der Waals surface area (Å²) in [5.41, 5.74) is 0.00552. The van der Waals surface area contributed by atoms with Crippen LogP contribution in [0.2, 0.25) is 0 Å². The first-order valence-electron chi connectivity index (χ1n) is 7.64. The lowest BCUT2D eigenvalue weighted by Crippen LogP contribution is -2.37. The summed E-state index contributed by atoms with van der Waals surface area (Å²) in [5.74, 6) is -0.408. The first kappa shape index (κ1) is 19.4. The molecule has 0 bridgehead atoms. The normalized spacial score (nSPS) is 13.0. The van der Waals surface area contributed by atoms with E-state index in [0.717, 1.165) is 10.6 Å². The molecule has 0 aliphatic heterocycles. The van der Waals surface area contributed by atoms with Crippen molar-refractivity contribution < 1.29 is 17.6 Å². The van der Waals surface area contributed by atoms with Gasteiger partial charge in [0.15, 0.2) is 0 Å². The van der Waals surface area contributed by atoms with Crippen molar-refractivity contribution in [2.45, 2.75) is 39.7 Å². The summed E-state index contributed by atoms with van der Waals surface area (Å²) in [4.78, 5) is 11.8. The minimum absolute atomic E-state index is 0.00552. The number of carbonyl (C=O) groups is 1. The van der Waals surface area contributed by atoms with Crippen LogP contribution in [-0.2, 0) is 14.8 Å². The van der Waals surface area contributed by atoms with Gasteiger partial charge >= 0.3 is 0 Å². The monoisotopic (exact) mass is 344 g/mol. The lowest BCUT2D eigenvalue weighted by molar-refractivity contribution is -0.122. The molecule has 7 heteroatoms. The summed E-state index contributed by atoms with van der Waals surface area (Å²) in [6.07, 6.45) is 1.54. The van der Waals surface area contributed by atoms with E-state index in [1.807, 2.05) is 20.8 Å². The predicted octanol–water partition coefficient (Wildman–Crippen LogP) is 2.53. The highest BCUT2D eigenvalue weighted by Crippen LogP contribution is 2.21. The number of rotatable bonds is 8. The molecule has 0 radical (unpaired) electrons. The molecule has 1 aromatic carbocycles. The Morgan fingerprint density at radius 3 is 2.39 bits per heavy atom. The van der Waals surface area contributed by atoms with Crippen LogP contribution in [0.25, 0.3) is 0 Å². The van der Waals surface area contributed by atoms with Gasteiger partial charge in [-0.05, 0) is 31.4 Å². The zero-order valence-electron chi connectivity index (χ0n) is 14.0. The number of amides is 1. The van der Waals surface area contributed by atoms with Gasteiger partial charge in [0, 0.05) is 19.0 Å². The Bertz CT molecular complexity index is 632. The van der Waals surface area contributed by atoms with Crippen LogP contribution in [0.4, 0.5) is 10.1 Å². The van der Waals surface area contributed by atoms with Gasteiger partial charge in [0.25, 0.3) is 0 Å². The van der Waals surface area contributed by atoms with Crippen molar-refractivity contribution in [3.05, 3.63) is 30.1 Å². The summed E-state index contributed by atoms with van der Waals surface area (Å²) >= 11 is 0. The number of hydrogen-bond donors (Lipinski definition) is 1. The number of sulfonamides is 1. The SMILES string of the molecule is CC(C)[C@@H](C)NC(=O)CCCN(c1ccccc1F)S(C)(=O)=O. The minimum atomic E-state index is -3.61. The minimum Gasteiger partial charge on any atom is -0.353 e. The van der Waals surface area contributed by atoms with Gasteiger partial charge in [0.2, 0.25) is 15.9 Å². The number of carbonyl (C=O) groups excluding carboxylic acids is 1.